The second-order valence-electron chi connectivity index (χ2n) is 5.17. The Bertz CT molecular complexity index is 601. The van der Waals surface area contributed by atoms with Gasteiger partial charge in [-0.15, -0.1) is 12.4 Å². The van der Waals surface area contributed by atoms with Crippen molar-refractivity contribution in [3.8, 4) is 11.5 Å². The fourth-order valence-electron chi connectivity index (χ4n) is 2.51. The first-order valence-corrected chi connectivity index (χ1v) is 8.72. The summed E-state index contributed by atoms with van der Waals surface area (Å²) in [6.45, 7) is 3.72. The van der Waals surface area contributed by atoms with Crippen molar-refractivity contribution in [3.63, 3.8) is 0 Å². The Hall–Kier alpha value is -1.02. The lowest BCUT2D eigenvalue weighted by Gasteiger charge is -2.20. The summed E-state index contributed by atoms with van der Waals surface area (Å²) in [6, 6.07) is 4.86. The number of nitrogens with one attached hydrogen (secondary N) is 1. The van der Waals surface area contributed by atoms with Gasteiger partial charge in [-0.3, -0.25) is 0 Å². The highest BCUT2D eigenvalue weighted by atomic mass is 35.5. The maximum Gasteiger partial charge on any atom is 0.243 e. The zero-order valence-electron chi connectivity index (χ0n) is 12.3. The van der Waals surface area contributed by atoms with Crippen molar-refractivity contribution in [3.05, 3.63) is 18.2 Å². The lowest BCUT2D eigenvalue weighted by atomic mass is 10.3. The number of nitrogens with zero attached hydrogens (tertiary/aromatic N) is 1. The largest absolute Gasteiger partial charge is 0.490 e. The molecule has 8 heteroatoms. The van der Waals surface area contributed by atoms with E-state index in [1.54, 1.807) is 18.2 Å². The van der Waals surface area contributed by atoms with E-state index in [9.17, 15) is 8.42 Å². The maximum atomic E-state index is 12.7. The van der Waals surface area contributed by atoms with Gasteiger partial charge in [0.2, 0.25) is 10.0 Å². The van der Waals surface area contributed by atoms with Gasteiger partial charge >= 0.3 is 0 Å². The fourth-order valence-corrected chi connectivity index (χ4v) is 4.01. The molecule has 0 amide bonds. The minimum absolute atomic E-state index is 0. The Morgan fingerprint density at radius 3 is 2.59 bits per heavy atom. The molecule has 0 aromatic heterocycles. The molecule has 2 aliphatic rings. The van der Waals surface area contributed by atoms with Gasteiger partial charge < -0.3 is 14.8 Å². The van der Waals surface area contributed by atoms with Crippen LogP contribution in [0, 0.1) is 0 Å². The van der Waals surface area contributed by atoms with Crippen molar-refractivity contribution < 1.29 is 17.9 Å². The zero-order valence-corrected chi connectivity index (χ0v) is 13.9. The predicted molar refractivity (Wildman–Crippen MR) is 85.5 cm³/mol. The maximum absolute atomic E-state index is 12.7. The third kappa shape index (κ3) is 3.65. The molecule has 1 aromatic rings. The molecule has 2 aliphatic heterocycles. The molecule has 2 heterocycles. The molecule has 6 nitrogen and oxygen atoms in total. The zero-order chi connectivity index (χ0) is 14.7. The number of halogens is 1. The molecular weight excluding hydrogens is 328 g/mol. The molecule has 0 spiro atoms. The van der Waals surface area contributed by atoms with Crippen molar-refractivity contribution in [2.75, 3.05) is 39.4 Å². The van der Waals surface area contributed by atoms with Gasteiger partial charge in [-0.05, 0) is 25.1 Å². The Balaban J connectivity index is 0.00000176. The molecule has 1 aromatic carbocycles. The lowest BCUT2D eigenvalue weighted by molar-refractivity contribution is 0.296. The first-order chi connectivity index (χ1) is 10.2. The molecule has 22 heavy (non-hydrogen) atoms. The fraction of sp³-hybridized carbons (Fsp3) is 0.571. The van der Waals surface area contributed by atoms with E-state index in [0.29, 0.717) is 44.3 Å². The van der Waals surface area contributed by atoms with Crippen LogP contribution in [0.15, 0.2) is 23.1 Å². The van der Waals surface area contributed by atoms with E-state index in [-0.39, 0.29) is 17.3 Å². The third-order valence-electron chi connectivity index (χ3n) is 3.66. The minimum Gasteiger partial charge on any atom is -0.490 e. The summed E-state index contributed by atoms with van der Waals surface area (Å²) in [5.74, 6) is 1.13. The Morgan fingerprint density at radius 1 is 1.00 bits per heavy atom. The van der Waals surface area contributed by atoms with E-state index in [2.05, 4.69) is 5.32 Å². The second kappa shape index (κ2) is 7.50. The van der Waals surface area contributed by atoms with Gasteiger partial charge in [-0.25, -0.2) is 8.42 Å². The molecule has 0 aliphatic carbocycles. The Morgan fingerprint density at radius 2 is 1.77 bits per heavy atom. The molecule has 1 saturated heterocycles. The van der Waals surface area contributed by atoms with Crippen LogP contribution >= 0.6 is 12.4 Å². The van der Waals surface area contributed by atoms with Crippen LogP contribution < -0.4 is 14.8 Å². The average molecular weight is 349 g/mol. The normalized spacial score (nSPS) is 19.6. The molecule has 0 bridgehead atoms. The van der Waals surface area contributed by atoms with Crippen LogP contribution in [0.4, 0.5) is 0 Å². The molecule has 0 radical (unpaired) electrons. The standard InChI is InChI=1S/C14H20N2O4S.ClH/c17-21(18,16-7-1-5-15-6-8-16)12-3-4-13-14(11-12)20-10-2-9-19-13;/h3-4,11,15H,1-2,5-10H2;1H. The topological polar surface area (TPSA) is 67.9 Å². The summed E-state index contributed by atoms with van der Waals surface area (Å²) in [7, 11) is -3.47. The number of fused-ring (bicyclic) bond motifs is 1. The highest BCUT2D eigenvalue weighted by Gasteiger charge is 2.26. The third-order valence-corrected chi connectivity index (χ3v) is 5.55. The van der Waals surface area contributed by atoms with Crippen molar-refractivity contribution >= 4 is 22.4 Å². The van der Waals surface area contributed by atoms with Crippen molar-refractivity contribution in [1.29, 1.82) is 0 Å². The van der Waals surface area contributed by atoms with Gasteiger partial charge in [-0.1, -0.05) is 0 Å². The molecule has 0 unspecified atom stereocenters. The number of sulfonamides is 1. The summed E-state index contributed by atoms with van der Waals surface area (Å²) in [4.78, 5) is 0.272. The highest BCUT2D eigenvalue weighted by molar-refractivity contribution is 7.89. The first kappa shape index (κ1) is 17.3. The Labute approximate surface area is 137 Å². The summed E-state index contributed by atoms with van der Waals surface area (Å²) < 4.78 is 38.1. The summed E-state index contributed by atoms with van der Waals surface area (Å²) in [6.07, 6.45) is 1.62. The SMILES string of the molecule is Cl.O=S(=O)(c1ccc2c(c1)OCCCO2)N1CCCNCC1. The van der Waals surface area contributed by atoms with Crippen LogP contribution in [0.2, 0.25) is 0 Å². The number of rotatable bonds is 2. The van der Waals surface area contributed by atoms with Crippen molar-refractivity contribution in [1.82, 2.24) is 9.62 Å². The Kier molecular flexibility index (Phi) is 5.91. The van der Waals surface area contributed by atoms with Crippen molar-refractivity contribution in [2.24, 2.45) is 0 Å². The number of benzene rings is 1. The monoisotopic (exact) mass is 348 g/mol. The minimum atomic E-state index is -3.47. The van der Waals surface area contributed by atoms with E-state index in [4.69, 9.17) is 9.47 Å². The van der Waals surface area contributed by atoms with Gasteiger partial charge in [-0.2, -0.15) is 4.31 Å². The van der Waals surface area contributed by atoms with Crippen molar-refractivity contribution in [2.45, 2.75) is 17.7 Å². The molecule has 124 valence electrons. The van der Waals surface area contributed by atoms with Gasteiger partial charge in [0.15, 0.2) is 11.5 Å². The van der Waals surface area contributed by atoms with Crippen LogP contribution in [-0.4, -0.2) is 52.1 Å². The number of ether oxygens (including phenoxy) is 2. The highest BCUT2D eigenvalue weighted by Crippen LogP contribution is 2.32. The molecule has 0 atom stereocenters. The smallest absolute Gasteiger partial charge is 0.243 e. The number of hydrogen-bond donors (Lipinski definition) is 1. The van der Waals surface area contributed by atoms with E-state index < -0.39 is 10.0 Å². The summed E-state index contributed by atoms with van der Waals surface area (Å²) >= 11 is 0. The van der Waals surface area contributed by atoms with Gasteiger partial charge in [0.1, 0.15) is 0 Å². The van der Waals surface area contributed by atoms with Gasteiger partial charge in [0.05, 0.1) is 18.1 Å². The number of hydrogen-bond acceptors (Lipinski definition) is 5. The molecule has 0 saturated carbocycles. The predicted octanol–water partition coefficient (Wildman–Crippen LogP) is 1.25. The molecule has 1 N–H and O–H groups in total. The first-order valence-electron chi connectivity index (χ1n) is 7.28. The molecule has 3 rings (SSSR count). The summed E-state index contributed by atoms with van der Waals surface area (Å²) in [5, 5.41) is 3.21. The van der Waals surface area contributed by atoms with Crippen LogP contribution in [0.25, 0.3) is 0 Å². The van der Waals surface area contributed by atoms with Gasteiger partial charge in [0, 0.05) is 32.1 Å². The average Bonchev–Trinajstić information content (AvgIpc) is 2.89. The van der Waals surface area contributed by atoms with E-state index in [0.717, 1.165) is 19.4 Å². The van der Waals surface area contributed by atoms with Crippen LogP contribution in [-0.2, 0) is 10.0 Å². The van der Waals surface area contributed by atoms with E-state index in [1.807, 2.05) is 0 Å². The summed E-state index contributed by atoms with van der Waals surface area (Å²) in [5.41, 5.74) is 0. The van der Waals surface area contributed by atoms with E-state index in [1.165, 1.54) is 4.31 Å². The quantitative estimate of drug-likeness (QED) is 0.871. The molecule has 1 fully saturated rings. The lowest BCUT2D eigenvalue weighted by Crippen LogP contribution is -2.34. The van der Waals surface area contributed by atoms with Crippen LogP contribution in [0.3, 0.4) is 0 Å². The van der Waals surface area contributed by atoms with Crippen LogP contribution in [0.1, 0.15) is 12.8 Å². The second-order valence-corrected chi connectivity index (χ2v) is 7.10. The van der Waals surface area contributed by atoms with Crippen LogP contribution in [0.5, 0.6) is 11.5 Å². The van der Waals surface area contributed by atoms with E-state index >= 15 is 0 Å². The van der Waals surface area contributed by atoms with Gasteiger partial charge in [0.25, 0.3) is 0 Å². The molecular formula is C14H21ClN2O4S.